The second-order valence-electron chi connectivity index (χ2n) is 6.02. The number of nitrogens with one attached hydrogen (secondary N) is 2. The molecule has 0 spiro atoms. The van der Waals surface area contributed by atoms with E-state index in [1.165, 1.54) is 11.8 Å². The van der Waals surface area contributed by atoms with Gasteiger partial charge in [0, 0.05) is 19.7 Å². The quantitative estimate of drug-likeness (QED) is 0.287. The fraction of sp³-hybridized carbons (Fsp3) is 0.368. The summed E-state index contributed by atoms with van der Waals surface area (Å²) >= 11 is 7.54. The lowest BCUT2D eigenvalue weighted by atomic mass is 10.2. The highest BCUT2D eigenvalue weighted by atomic mass is 35.5. The van der Waals surface area contributed by atoms with E-state index in [9.17, 15) is 4.79 Å². The summed E-state index contributed by atoms with van der Waals surface area (Å²) in [6.45, 7) is 4.75. The first-order chi connectivity index (χ1) is 14.1. The molecule has 1 amide bonds. The lowest BCUT2D eigenvalue weighted by Gasteiger charge is -2.10. The van der Waals surface area contributed by atoms with Crippen LogP contribution in [0.2, 0.25) is 5.02 Å². The highest BCUT2D eigenvalue weighted by Crippen LogP contribution is 2.23. The lowest BCUT2D eigenvalue weighted by Crippen LogP contribution is -2.27. The van der Waals surface area contributed by atoms with E-state index in [0.717, 1.165) is 16.9 Å². The number of amides is 1. The van der Waals surface area contributed by atoms with Gasteiger partial charge in [-0.05, 0) is 25.3 Å². The molecule has 0 aliphatic rings. The van der Waals surface area contributed by atoms with Gasteiger partial charge in [-0.25, -0.2) is 14.6 Å². The molecular formula is C19H23ClN6O2S. The van der Waals surface area contributed by atoms with Crippen LogP contribution in [0.5, 0.6) is 0 Å². The van der Waals surface area contributed by atoms with E-state index < -0.39 is 0 Å². The van der Waals surface area contributed by atoms with Crippen molar-refractivity contribution >= 4 is 46.1 Å². The number of nitrogens with zero attached hydrogens (tertiary/aromatic N) is 4. The molecule has 154 valence electrons. The third-order valence-electron chi connectivity index (χ3n) is 4.13. The molecule has 29 heavy (non-hydrogen) atoms. The monoisotopic (exact) mass is 434 g/mol. The fourth-order valence-electron chi connectivity index (χ4n) is 2.73. The van der Waals surface area contributed by atoms with Gasteiger partial charge in [0.1, 0.15) is 5.82 Å². The van der Waals surface area contributed by atoms with Gasteiger partial charge in [-0.3, -0.25) is 4.79 Å². The number of anilines is 1. The maximum absolute atomic E-state index is 12.3. The number of benzene rings is 1. The van der Waals surface area contributed by atoms with Gasteiger partial charge in [-0.2, -0.15) is 5.10 Å². The van der Waals surface area contributed by atoms with Gasteiger partial charge >= 0.3 is 0 Å². The van der Waals surface area contributed by atoms with E-state index in [4.69, 9.17) is 16.3 Å². The molecule has 0 aliphatic carbocycles. The minimum absolute atomic E-state index is 0.218. The Morgan fingerprint density at radius 1 is 1.28 bits per heavy atom. The second-order valence-corrected chi connectivity index (χ2v) is 7.20. The molecule has 0 saturated carbocycles. The van der Waals surface area contributed by atoms with Crippen molar-refractivity contribution in [1.29, 1.82) is 0 Å². The van der Waals surface area contributed by atoms with Crippen molar-refractivity contribution in [3.05, 3.63) is 41.0 Å². The van der Waals surface area contributed by atoms with Crippen molar-refractivity contribution in [1.82, 2.24) is 25.1 Å². The summed E-state index contributed by atoms with van der Waals surface area (Å²) in [5.41, 5.74) is 1.17. The molecule has 1 aromatic carbocycles. The molecule has 0 unspecified atom stereocenters. The number of carbonyl (C=O) groups is 1. The van der Waals surface area contributed by atoms with Crippen molar-refractivity contribution in [3.63, 3.8) is 0 Å². The smallest absolute Gasteiger partial charge is 0.252 e. The minimum Gasteiger partial charge on any atom is -0.380 e. The Bertz CT molecular complexity index is 980. The average molecular weight is 435 g/mol. The largest absolute Gasteiger partial charge is 0.380 e. The first kappa shape index (κ1) is 21.4. The summed E-state index contributed by atoms with van der Waals surface area (Å²) in [7, 11) is 0. The SMILES string of the molecule is CCOCCNc1nc(SC)nc2c1cnn2CCNC(=O)c1ccccc1Cl. The van der Waals surface area contributed by atoms with Gasteiger partial charge in [0.05, 0.1) is 35.3 Å². The maximum Gasteiger partial charge on any atom is 0.252 e. The lowest BCUT2D eigenvalue weighted by molar-refractivity contribution is 0.0952. The van der Waals surface area contributed by atoms with Crippen LogP contribution in [-0.2, 0) is 11.3 Å². The Hall–Kier alpha value is -2.36. The molecule has 2 N–H and O–H groups in total. The van der Waals surface area contributed by atoms with Crippen LogP contribution in [0.15, 0.2) is 35.6 Å². The molecule has 0 radical (unpaired) electrons. The van der Waals surface area contributed by atoms with E-state index >= 15 is 0 Å². The summed E-state index contributed by atoms with van der Waals surface area (Å²) in [5.74, 6) is 0.509. The zero-order chi connectivity index (χ0) is 20.6. The van der Waals surface area contributed by atoms with E-state index in [-0.39, 0.29) is 5.91 Å². The van der Waals surface area contributed by atoms with E-state index in [2.05, 4.69) is 25.7 Å². The number of aromatic nitrogens is 4. The van der Waals surface area contributed by atoms with Gasteiger partial charge in [0.2, 0.25) is 0 Å². The zero-order valence-electron chi connectivity index (χ0n) is 16.3. The Morgan fingerprint density at radius 2 is 2.10 bits per heavy atom. The molecule has 8 nitrogen and oxygen atoms in total. The molecule has 0 bridgehead atoms. The van der Waals surface area contributed by atoms with Gasteiger partial charge in [0.15, 0.2) is 10.8 Å². The number of hydrogen-bond acceptors (Lipinski definition) is 7. The number of thioether (sulfide) groups is 1. The van der Waals surface area contributed by atoms with E-state index in [0.29, 0.717) is 48.6 Å². The van der Waals surface area contributed by atoms with Crippen LogP contribution in [0.25, 0.3) is 11.0 Å². The van der Waals surface area contributed by atoms with E-state index in [1.54, 1.807) is 35.1 Å². The van der Waals surface area contributed by atoms with Crippen molar-refractivity contribution in [2.75, 3.05) is 37.9 Å². The number of ether oxygens (including phenoxy) is 1. The van der Waals surface area contributed by atoms with Gasteiger partial charge in [0.25, 0.3) is 5.91 Å². The van der Waals surface area contributed by atoms with Crippen LogP contribution in [0, 0.1) is 0 Å². The Balaban J connectivity index is 1.69. The number of fused-ring (bicyclic) bond motifs is 1. The first-order valence-electron chi connectivity index (χ1n) is 9.26. The Morgan fingerprint density at radius 3 is 2.86 bits per heavy atom. The first-order valence-corrected chi connectivity index (χ1v) is 10.9. The molecule has 3 rings (SSSR count). The van der Waals surface area contributed by atoms with Gasteiger partial charge in [-0.15, -0.1) is 0 Å². The van der Waals surface area contributed by atoms with E-state index in [1.807, 2.05) is 13.2 Å². The molecule has 2 heterocycles. The number of hydrogen-bond donors (Lipinski definition) is 2. The molecule has 10 heteroatoms. The van der Waals surface area contributed by atoms with Crippen LogP contribution in [-0.4, -0.2) is 58.2 Å². The Kier molecular flexibility index (Phi) is 7.68. The van der Waals surface area contributed by atoms with Crippen molar-refractivity contribution < 1.29 is 9.53 Å². The minimum atomic E-state index is -0.218. The van der Waals surface area contributed by atoms with Crippen molar-refractivity contribution in [2.24, 2.45) is 0 Å². The Labute approximate surface area is 178 Å². The highest BCUT2D eigenvalue weighted by Gasteiger charge is 2.14. The summed E-state index contributed by atoms with van der Waals surface area (Å²) in [4.78, 5) is 21.4. The third-order valence-corrected chi connectivity index (χ3v) is 5.01. The molecule has 0 aliphatic heterocycles. The normalized spacial score (nSPS) is 11.0. The maximum atomic E-state index is 12.3. The number of carbonyl (C=O) groups excluding carboxylic acids is 1. The van der Waals surface area contributed by atoms with Crippen molar-refractivity contribution in [2.45, 2.75) is 18.6 Å². The van der Waals surface area contributed by atoms with Crippen LogP contribution in [0.1, 0.15) is 17.3 Å². The van der Waals surface area contributed by atoms with Crippen LogP contribution in [0.3, 0.4) is 0 Å². The fourth-order valence-corrected chi connectivity index (χ4v) is 3.31. The number of halogens is 1. The molecule has 0 saturated heterocycles. The number of rotatable bonds is 10. The summed E-state index contributed by atoms with van der Waals surface area (Å²) in [5, 5.41) is 12.5. The third kappa shape index (κ3) is 5.37. The molecule has 0 atom stereocenters. The van der Waals surface area contributed by atoms with Crippen LogP contribution < -0.4 is 10.6 Å². The van der Waals surface area contributed by atoms with Crippen LogP contribution in [0.4, 0.5) is 5.82 Å². The van der Waals surface area contributed by atoms with Crippen molar-refractivity contribution in [3.8, 4) is 0 Å². The predicted molar refractivity (Wildman–Crippen MR) is 116 cm³/mol. The molecule has 3 aromatic rings. The molecule has 2 aromatic heterocycles. The van der Waals surface area contributed by atoms with Gasteiger partial charge in [-0.1, -0.05) is 35.5 Å². The topological polar surface area (TPSA) is 94.0 Å². The zero-order valence-corrected chi connectivity index (χ0v) is 17.9. The predicted octanol–water partition coefficient (Wildman–Crippen LogP) is 3.08. The standard InChI is InChI=1S/C19H23ClN6O2S/c1-3-28-11-9-21-16-14-12-23-26(17(14)25-19(24-16)29-2)10-8-22-18(27)13-6-4-5-7-15(13)20/h4-7,12H,3,8-11H2,1-2H3,(H,22,27)(H,21,24,25). The van der Waals surface area contributed by atoms with Crippen LogP contribution >= 0.6 is 23.4 Å². The van der Waals surface area contributed by atoms with Gasteiger partial charge < -0.3 is 15.4 Å². The highest BCUT2D eigenvalue weighted by molar-refractivity contribution is 7.98. The summed E-state index contributed by atoms with van der Waals surface area (Å²) in [6.07, 6.45) is 3.66. The molecular weight excluding hydrogens is 412 g/mol. The second kappa shape index (κ2) is 10.4. The summed E-state index contributed by atoms with van der Waals surface area (Å²) < 4.78 is 7.13. The molecule has 0 fully saturated rings. The average Bonchev–Trinajstić information content (AvgIpc) is 3.14. The summed E-state index contributed by atoms with van der Waals surface area (Å²) in [6, 6.07) is 6.96.